The third-order valence-corrected chi connectivity index (χ3v) is 11.8. The number of ketones is 2. The van der Waals surface area contributed by atoms with Gasteiger partial charge in [0, 0.05) is 38.0 Å². The van der Waals surface area contributed by atoms with Crippen molar-refractivity contribution in [2.75, 3.05) is 45.2 Å². The van der Waals surface area contributed by atoms with E-state index in [0.717, 1.165) is 63.4 Å². The molecule has 0 bridgehead atoms. The standard InChI is InChI=1S/C29H45NO6S/c1-4-36-25-15-28(2)18(13-22(25)31)5-6-19-20-7-8-21(29(20,3)14-23(32)27(19)28)24(33)17-37-26(34)16-30-9-11-35-12-10-30/h18-22,25,27,31H,4-17H2,1-3H3/t18-,19-,20-,21+,22-,25-,27+,28-,29-/m0/s1. The molecule has 208 valence electrons. The number of aliphatic hydroxyl groups excluding tert-OH is 1. The molecule has 0 radical (unpaired) electrons. The summed E-state index contributed by atoms with van der Waals surface area (Å²) in [5.74, 6) is 1.56. The van der Waals surface area contributed by atoms with E-state index in [0.29, 0.717) is 56.3 Å². The van der Waals surface area contributed by atoms with Gasteiger partial charge in [0.25, 0.3) is 0 Å². The number of fused-ring (bicyclic) bond motifs is 5. The summed E-state index contributed by atoms with van der Waals surface area (Å²) in [6.07, 6.45) is 5.15. The molecule has 0 amide bonds. The number of hydrogen-bond acceptors (Lipinski definition) is 8. The zero-order valence-electron chi connectivity index (χ0n) is 22.8. The first-order valence-electron chi connectivity index (χ1n) is 14.5. The first-order chi connectivity index (χ1) is 17.7. The van der Waals surface area contributed by atoms with Crippen LogP contribution in [-0.4, -0.2) is 84.1 Å². The fraction of sp³-hybridized carbons (Fsp3) is 0.897. The smallest absolute Gasteiger partial charge is 0.203 e. The Labute approximate surface area is 225 Å². The van der Waals surface area contributed by atoms with Crippen LogP contribution in [0.5, 0.6) is 0 Å². The lowest BCUT2D eigenvalue weighted by Gasteiger charge is -2.60. The summed E-state index contributed by atoms with van der Waals surface area (Å²) in [4.78, 5) is 42.0. The molecule has 9 atom stereocenters. The molecule has 0 aromatic rings. The Bertz CT molecular complexity index is 892. The molecule has 7 nitrogen and oxygen atoms in total. The molecule has 5 rings (SSSR count). The van der Waals surface area contributed by atoms with E-state index in [9.17, 15) is 19.5 Å². The summed E-state index contributed by atoms with van der Waals surface area (Å²) in [7, 11) is 0. The Morgan fingerprint density at radius 1 is 1.14 bits per heavy atom. The van der Waals surface area contributed by atoms with Crippen LogP contribution < -0.4 is 0 Å². The highest BCUT2D eigenvalue weighted by atomic mass is 32.2. The first kappa shape index (κ1) is 27.8. The predicted molar refractivity (Wildman–Crippen MR) is 142 cm³/mol. The van der Waals surface area contributed by atoms with Gasteiger partial charge in [0.15, 0.2) is 0 Å². The number of Topliss-reactive ketones (excluding diaryl/α,β-unsaturated/α-hetero) is 2. The van der Waals surface area contributed by atoms with E-state index in [1.165, 1.54) is 0 Å². The molecule has 1 aliphatic heterocycles. The van der Waals surface area contributed by atoms with Crippen LogP contribution in [0.25, 0.3) is 0 Å². The Hall–Kier alpha value is -0.800. The molecule has 4 aliphatic carbocycles. The molecule has 37 heavy (non-hydrogen) atoms. The van der Waals surface area contributed by atoms with Gasteiger partial charge in [-0.1, -0.05) is 25.6 Å². The van der Waals surface area contributed by atoms with Crippen LogP contribution in [0.15, 0.2) is 0 Å². The van der Waals surface area contributed by atoms with Gasteiger partial charge < -0.3 is 14.6 Å². The van der Waals surface area contributed by atoms with Crippen molar-refractivity contribution in [3.05, 3.63) is 0 Å². The van der Waals surface area contributed by atoms with Gasteiger partial charge in [0.2, 0.25) is 5.12 Å². The second-order valence-corrected chi connectivity index (χ2v) is 13.9. The number of morpholine rings is 1. The van der Waals surface area contributed by atoms with Gasteiger partial charge in [-0.25, -0.2) is 0 Å². The second kappa shape index (κ2) is 11.0. The summed E-state index contributed by atoms with van der Waals surface area (Å²) in [5, 5.41) is 10.7. The number of thioether (sulfide) groups is 1. The van der Waals surface area contributed by atoms with E-state index in [2.05, 4.69) is 18.7 Å². The molecule has 0 unspecified atom stereocenters. The Morgan fingerprint density at radius 3 is 2.62 bits per heavy atom. The van der Waals surface area contributed by atoms with Crippen molar-refractivity contribution in [1.82, 2.24) is 4.90 Å². The number of ether oxygens (including phenoxy) is 2. The predicted octanol–water partition coefficient (Wildman–Crippen LogP) is 3.36. The van der Waals surface area contributed by atoms with Crippen molar-refractivity contribution in [3.63, 3.8) is 0 Å². The maximum atomic E-state index is 13.9. The number of carbonyl (C=O) groups excluding carboxylic acids is 3. The Morgan fingerprint density at radius 2 is 1.89 bits per heavy atom. The lowest BCUT2D eigenvalue weighted by atomic mass is 9.44. The van der Waals surface area contributed by atoms with E-state index < -0.39 is 6.10 Å². The molecule has 1 saturated heterocycles. The molecule has 5 fully saturated rings. The van der Waals surface area contributed by atoms with Crippen LogP contribution >= 0.6 is 11.8 Å². The summed E-state index contributed by atoms with van der Waals surface area (Å²) in [6, 6.07) is 0. The molecule has 1 N–H and O–H groups in total. The van der Waals surface area contributed by atoms with Crippen molar-refractivity contribution in [2.45, 2.75) is 77.9 Å². The number of carbonyl (C=O) groups is 3. The van der Waals surface area contributed by atoms with Gasteiger partial charge in [0.1, 0.15) is 11.6 Å². The minimum Gasteiger partial charge on any atom is -0.390 e. The summed E-state index contributed by atoms with van der Waals surface area (Å²) in [6.45, 7) is 10.2. The molecule has 5 aliphatic rings. The average molecular weight is 536 g/mol. The van der Waals surface area contributed by atoms with E-state index in [1.807, 2.05) is 6.92 Å². The van der Waals surface area contributed by atoms with Crippen molar-refractivity contribution in [2.24, 2.45) is 40.4 Å². The normalized spacial score (nSPS) is 44.1. The molecular weight excluding hydrogens is 490 g/mol. The van der Waals surface area contributed by atoms with Gasteiger partial charge in [-0.15, -0.1) is 0 Å². The largest absolute Gasteiger partial charge is 0.390 e. The SMILES string of the molecule is CCO[C@H]1C[C@@]2(C)[C@@H](CC[C@H]3[C@@H]4CC[C@H](C(=O)CSC(=O)CN5CCOCC5)[C@@]4(C)CC(=O)[C@@H]32)C[C@@H]1O. The highest BCUT2D eigenvalue weighted by Gasteiger charge is 2.64. The topological polar surface area (TPSA) is 93.1 Å². The monoisotopic (exact) mass is 535 g/mol. The fourth-order valence-electron chi connectivity index (χ4n) is 9.23. The van der Waals surface area contributed by atoms with Crippen molar-refractivity contribution < 1.29 is 29.0 Å². The molecule has 0 aromatic heterocycles. The van der Waals surface area contributed by atoms with Crippen LogP contribution in [0.2, 0.25) is 0 Å². The lowest BCUT2D eigenvalue weighted by molar-refractivity contribution is -0.179. The van der Waals surface area contributed by atoms with Crippen LogP contribution in [0, 0.1) is 40.4 Å². The quantitative estimate of drug-likeness (QED) is 0.531. The van der Waals surface area contributed by atoms with Gasteiger partial charge in [-0.05, 0) is 74.0 Å². The van der Waals surface area contributed by atoms with Crippen LogP contribution in [0.1, 0.15) is 65.7 Å². The van der Waals surface area contributed by atoms with E-state index in [1.54, 1.807) is 0 Å². The summed E-state index contributed by atoms with van der Waals surface area (Å²) < 4.78 is 11.3. The van der Waals surface area contributed by atoms with Gasteiger partial charge in [0.05, 0.1) is 37.7 Å². The molecule has 1 heterocycles. The first-order valence-corrected chi connectivity index (χ1v) is 15.5. The number of nitrogens with zero attached hydrogens (tertiary/aromatic N) is 1. The highest BCUT2D eigenvalue weighted by molar-refractivity contribution is 8.14. The molecule has 4 saturated carbocycles. The Kier molecular flexibility index (Phi) is 8.25. The summed E-state index contributed by atoms with van der Waals surface area (Å²) in [5.41, 5.74) is -0.454. The average Bonchev–Trinajstić information content (AvgIpc) is 3.20. The molecule has 8 heteroatoms. The van der Waals surface area contributed by atoms with Gasteiger partial charge in [-0.3, -0.25) is 19.3 Å². The Balaban J connectivity index is 1.25. The van der Waals surface area contributed by atoms with Crippen LogP contribution in [0.3, 0.4) is 0 Å². The highest BCUT2D eigenvalue weighted by Crippen LogP contribution is 2.66. The van der Waals surface area contributed by atoms with Crippen molar-refractivity contribution in [1.29, 1.82) is 0 Å². The zero-order valence-corrected chi connectivity index (χ0v) is 23.6. The van der Waals surface area contributed by atoms with E-state index in [4.69, 9.17) is 9.47 Å². The summed E-state index contributed by atoms with van der Waals surface area (Å²) >= 11 is 1.15. The maximum Gasteiger partial charge on any atom is 0.203 e. The van der Waals surface area contributed by atoms with Crippen molar-refractivity contribution >= 4 is 28.4 Å². The molecular formula is C29H45NO6S. The van der Waals surface area contributed by atoms with E-state index in [-0.39, 0.29) is 45.4 Å². The number of aliphatic hydroxyl groups is 1. The minimum absolute atomic E-state index is 0.00175. The lowest BCUT2D eigenvalue weighted by Crippen LogP contribution is -2.60. The third kappa shape index (κ3) is 5.10. The molecule has 0 spiro atoms. The maximum absolute atomic E-state index is 13.9. The molecule has 0 aromatic carbocycles. The van der Waals surface area contributed by atoms with Crippen LogP contribution in [-0.2, 0) is 23.9 Å². The van der Waals surface area contributed by atoms with Crippen LogP contribution in [0.4, 0.5) is 0 Å². The number of hydrogen-bond donors (Lipinski definition) is 1. The third-order valence-electron chi connectivity index (χ3n) is 10.9. The van der Waals surface area contributed by atoms with E-state index >= 15 is 0 Å². The number of rotatable bonds is 7. The zero-order chi connectivity index (χ0) is 26.4. The minimum atomic E-state index is -0.449. The van der Waals surface area contributed by atoms with Crippen molar-refractivity contribution in [3.8, 4) is 0 Å². The fourth-order valence-corrected chi connectivity index (χ4v) is 10.0. The second-order valence-electron chi connectivity index (χ2n) is 12.8. The van der Waals surface area contributed by atoms with Gasteiger partial charge >= 0.3 is 0 Å². The van der Waals surface area contributed by atoms with Gasteiger partial charge in [-0.2, -0.15) is 0 Å².